The van der Waals surface area contributed by atoms with Crippen molar-refractivity contribution in [1.82, 2.24) is 10.2 Å². The molecule has 1 aromatic rings. The van der Waals surface area contributed by atoms with Gasteiger partial charge in [0.2, 0.25) is 11.8 Å². The van der Waals surface area contributed by atoms with Crippen LogP contribution in [0.25, 0.3) is 0 Å². The van der Waals surface area contributed by atoms with Crippen LogP contribution in [-0.4, -0.2) is 28.8 Å². The van der Waals surface area contributed by atoms with Crippen molar-refractivity contribution < 1.29 is 9.59 Å². The number of carbonyl (C=O) groups excluding carboxylic acids is 2. The molecule has 1 N–H and O–H groups in total. The number of hydrogen-bond donors (Lipinski definition) is 1. The molecular formula is C16H21ClN2O2. The average Bonchev–Trinajstić information content (AvgIpc) is 2.42. The van der Waals surface area contributed by atoms with Gasteiger partial charge in [-0.25, -0.2) is 0 Å². The first kappa shape index (κ1) is 15.8. The predicted molar refractivity (Wildman–Crippen MR) is 83.0 cm³/mol. The molecule has 2 atom stereocenters. The first-order valence-corrected chi connectivity index (χ1v) is 7.67. The van der Waals surface area contributed by atoms with Crippen molar-refractivity contribution in [1.29, 1.82) is 0 Å². The van der Waals surface area contributed by atoms with Gasteiger partial charge >= 0.3 is 0 Å². The van der Waals surface area contributed by atoms with Crippen molar-refractivity contribution in [2.45, 2.75) is 52.2 Å². The molecule has 0 spiro atoms. The third-order valence-corrected chi connectivity index (χ3v) is 4.15. The van der Waals surface area contributed by atoms with Crippen LogP contribution in [-0.2, 0) is 16.1 Å². The van der Waals surface area contributed by atoms with Crippen LogP contribution in [0.1, 0.15) is 37.8 Å². The van der Waals surface area contributed by atoms with Gasteiger partial charge in [0, 0.05) is 11.6 Å². The molecule has 1 aliphatic rings. The maximum Gasteiger partial charge on any atom is 0.245 e. The highest BCUT2D eigenvalue weighted by molar-refractivity contribution is 6.31. The van der Waals surface area contributed by atoms with Crippen LogP contribution >= 0.6 is 11.6 Å². The Morgan fingerprint density at radius 1 is 1.33 bits per heavy atom. The summed E-state index contributed by atoms with van der Waals surface area (Å²) in [5, 5.41) is 3.38. The Bertz CT molecular complexity index is 559. The molecule has 2 unspecified atom stereocenters. The summed E-state index contributed by atoms with van der Waals surface area (Å²) in [6.45, 7) is 6.07. The number of carbonyl (C=O) groups is 2. The maximum atomic E-state index is 12.4. The van der Waals surface area contributed by atoms with E-state index in [4.69, 9.17) is 11.6 Å². The lowest BCUT2D eigenvalue weighted by atomic mass is 10.0. The van der Waals surface area contributed by atoms with Gasteiger partial charge in [-0.1, -0.05) is 37.1 Å². The number of halogens is 1. The molecule has 1 fully saturated rings. The molecule has 0 aliphatic carbocycles. The van der Waals surface area contributed by atoms with E-state index in [-0.39, 0.29) is 11.8 Å². The number of benzene rings is 1. The van der Waals surface area contributed by atoms with Gasteiger partial charge in [-0.3, -0.25) is 9.59 Å². The molecule has 1 aromatic carbocycles. The fourth-order valence-corrected chi connectivity index (χ4v) is 2.92. The van der Waals surface area contributed by atoms with Gasteiger partial charge in [-0.05, 0) is 37.5 Å². The molecule has 0 aromatic heterocycles. The lowest BCUT2D eigenvalue weighted by molar-refractivity contribution is -0.149. The van der Waals surface area contributed by atoms with E-state index in [1.807, 2.05) is 32.0 Å². The van der Waals surface area contributed by atoms with E-state index in [0.29, 0.717) is 18.0 Å². The second-order valence-corrected chi connectivity index (χ2v) is 6.00. The predicted octanol–water partition coefficient (Wildman–Crippen LogP) is 2.66. The molecule has 0 bridgehead atoms. The Morgan fingerprint density at radius 3 is 2.67 bits per heavy atom. The minimum Gasteiger partial charge on any atom is -0.343 e. The average molecular weight is 309 g/mol. The Labute approximate surface area is 130 Å². The monoisotopic (exact) mass is 308 g/mol. The molecule has 0 saturated carbocycles. The van der Waals surface area contributed by atoms with Gasteiger partial charge in [-0.2, -0.15) is 0 Å². The summed E-state index contributed by atoms with van der Waals surface area (Å²) in [6, 6.07) is 4.88. The van der Waals surface area contributed by atoms with Crippen LogP contribution < -0.4 is 5.32 Å². The lowest BCUT2D eigenvalue weighted by Gasteiger charge is -2.38. The van der Waals surface area contributed by atoms with Gasteiger partial charge in [0.05, 0.1) is 0 Å². The molecule has 1 saturated heterocycles. The molecular weight excluding hydrogens is 288 g/mol. The number of nitrogens with one attached hydrogen (secondary N) is 1. The summed E-state index contributed by atoms with van der Waals surface area (Å²) in [6.07, 6.45) is 1.51. The normalized spacial score (nSPS) is 22.4. The summed E-state index contributed by atoms with van der Waals surface area (Å²) in [7, 11) is 0. The van der Waals surface area contributed by atoms with E-state index in [1.165, 1.54) is 0 Å². The Morgan fingerprint density at radius 2 is 2.05 bits per heavy atom. The van der Waals surface area contributed by atoms with Gasteiger partial charge in [0.15, 0.2) is 0 Å². The molecule has 2 rings (SSSR count). The minimum absolute atomic E-state index is 0.0512. The van der Waals surface area contributed by atoms with Crippen LogP contribution in [0.5, 0.6) is 0 Å². The summed E-state index contributed by atoms with van der Waals surface area (Å²) in [5.74, 6) is -0.128. The summed E-state index contributed by atoms with van der Waals surface area (Å²) < 4.78 is 0. The zero-order valence-electron chi connectivity index (χ0n) is 12.6. The number of rotatable bonds is 4. The third kappa shape index (κ3) is 3.38. The van der Waals surface area contributed by atoms with Crippen molar-refractivity contribution in [3.05, 3.63) is 34.3 Å². The largest absolute Gasteiger partial charge is 0.343 e. The van der Waals surface area contributed by atoms with E-state index in [2.05, 4.69) is 5.32 Å². The van der Waals surface area contributed by atoms with Gasteiger partial charge in [0.1, 0.15) is 12.1 Å². The summed E-state index contributed by atoms with van der Waals surface area (Å²) >= 11 is 6.26. The quantitative estimate of drug-likeness (QED) is 0.929. The highest BCUT2D eigenvalue weighted by atomic mass is 35.5. The molecule has 114 valence electrons. The summed E-state index contributed by atoms with van der Waals surface area (Å²) in [4.78, 5) is 26.2. The Hall–Kier alpha value is -1.55. The fourth-order valence-electron chi connectivity index (χ4n) is 2.63. The standard InChI is InChI=1S/C16H21ClN2O2/c1-4-5-14-15(20)18-11(3)16(21)19(14)9-12-7-6-10(2)8-13(12)17/h6-8,11,14H,4-5,9H2,1-3H3,(H,18,20). The number of piperazine rings is 1. The SMILES string of the molecule is CCCC1C(=O)NC(C)C(=O)N1Cc1ccc(C)cc1Cl. The van der Waals surface area contributed by atoms with E-state index in [1.54, 1.807) is 11.8 Å². The maximum absolute atomic E-state index is 12.4. The van der Waals surface area contributed by atoms with Gasteiger partial charge in [-0.15, -0.1) is 0 Å². The highest BCUT2D eigenvalue weighted by Gasteiger charge is 2.37. The number of nitrogens with zero attached hydrogens (tertiary/aromatic N) is 1. The van der Waals surface area contributed by atoms with Crippen LogP contribution in [0.3, 0.4) is 0 Å². The molecule has 2 amide bonds. The number of hydrogen-bond acceptors (Lipinski definition) is 2. The molecule has 5 heteroatoms. The smallest absolute Gasteiger partial charge is 0.245 e. The van der Waals surface area contributed by atoms with Gasteiger partial charge < -0.3 is 10.2 Å². The van der Waals surface area contributed by atoms with Crippen molar-refractivity contribution >= 4 is 23.4 Å². The van der Waals surface area contributed by atoms with E-state index < -0.39 is 12.1 Å². The van der Waals surface area contributed by atoms with Crippen molar-refractivity contribution in [2.24, 2.45) is 0 Å². The van der Waals surface area contributed by atoms with Crippen LogP contribution in [0.4, 0.5) is 0 Å². The molecule has 4 nitrogen and oxygen atoms in total. The van der Waals surface area contributed by atoms with Crippen molar-refractivity contribution in [2.75, 3.05) is 0 Å². The highest BCUT2D eigenvalue weighted by Crippen LogP contribution is 2.23. The van der Waals surface area contributed by atoms with Crippen LogP contribution in [0.15, 0.2) is 18.2 Å². The minimum atomic E-state index is -0.477. The molecule has 21 heavy (non-hydrogen) atoms. The Balaban J connectivity index is 2.27. The van der Waals surface area contributed by atoms with E-state index in [9.17, 15) is 9.59 Å². The van der Waals surface area contributed by atoms with Crippen molar-refractivity contribution in [3.8, 4) is 0 Å². The first-order chi connectivity index (χ1) is 9.93. The third-order valence-electron chi connectivity index (χ3n) is 3.80. The number of aryl methyl sites for hydroxylation is 1. The molecule has 1 aliphatic heterocycles. The van der Waals surface area contributed by atoms with Crippen molar-refractivity contribution in [3.63, 3.8) is 0 Å². The van der Waals surface area contributed by atoms with Crippen LogP contribution in [0.2, 0.25) is 5.02 Å². The van der Waals surface area contributed by atoms with E-state index >= 15 is 0 Å². The topological polar surface area (TPSA) is 49.4 Å². The van der Waals surface area contributed by atoms with E-state index in [0.717, 1.165) is 17.5 Å². The Kier molecular flexibility index (Phi) is 4.88. The second-order valence-electron chi connectivity index (χ2n) is 5.60. The first-order valence-electron chi connectivity index (χ1n) is 7.30. The second kappa shape index (κ2) is 6.48. The van der Waals surface area contributed by atoms with Gasteiger partial charge in [0.25, 0.3) is 0 Å². The molecule has 0 radical (unpaired) electrons. The number of amides is 2. The summed E-state index contributed by atoms with van der Waals surface area (Å²) in [5.41, 5.74) is 1.95. The lowest BCUT2D eigenvalue weighted by Crippen LogP contribution is -2.61. The zero-order valence-corrected chi connectivity index (χ0v) is 13.4. The van der Waals surface area contributed by atoms with Crippen LogP contribution in [0, 0.1) is 6.92 Å². The fraction of sp³-hybridized carbons (Fsp3) is 0.500. The molecule has 1 heterocycles. The zero-order chi connectivity index (χ0) is 15.6.